The minimum Gasteiger partial charge on any atom is -0.494 e. The quantitative estimate of drug-likeness (QED) is 0.647. The number of aryl methyl sites for hydroxylation is 1. The van der Waals surface area contributed by atoms with Crippen LogP contribution >= 0.6 is 22.9 Å². The van der Waals surface area contributed by atoms with Crippen molar-refractivity contribution in [2.45, 2.75) is 25.7 Å². The number of ether oxygens (including phenoxy) is 1. The van der Waals surface area contributed by atoms with Crippen LogP contribution in [0.2, 0.25) is 5.15 Å². The smallest absolute Gasteiger partial charge is 0.259 e. The van der Waals surface area contributed by atoms with Crippen molar-refractivity contribution in [3.63, 3.8) is 0 Å². The minimum absolute atomic E-state index is 0.310. The molecule has 0 bridgehead atoms. The summed E-state index contributed by atoms with van der Waals surface area (Å²) in [5, 5.41) is 12.8. The van der Waals surface area contributed by atoms with Crippen LogP contribution in [0.3, 0.4) is 0 Å². The molecule has 4 rings (SSSR count). The van der Waals surface area contributed by atoms with Gasteiger partial charge in [-0.15, -0.1) is 10.2 Å². The van der Waals surface area contributed by atoms with Gasteiger partial charge in [0.2, 0.25) is 5.13 Å². The lowest BCUT2D eigenvalue weighted by molar-refractivity contribution is 0.102. The van der Waals surface area contributed by atoms with E-state index in [0.29, 0.717) is 38.6 Å². The number of anilines is 1. The van der Waals surface area contributed by atoms with Crippen LogP contribution in [0.4, 0.5) is 5.13 Å². The SMILES string of the molecule is COc1cnc(Cl)cc1-c1cc(C)ncc1C(=O)Nc1nnc(C2CC2)s1. The van der Waals surface area contributed by atoms with E-state index in [1.54, 1.807) is 13.2 Å². The van der Waals surface area contributed by atoms with Crippen LogP contribution in [0.5, 0.6) is 5.75 Å². The number of pyridine rings is 2. The third kappa shape index (κ3) is 3.77. The monoisotopic (exact) mass is 401 g/mol. The summed E-state index contributed by atoms with van der Waals surface area (Å²) in [6.45, 7) is 1.85. The van der Waals surface area contributed by atoms with Crippen LogP contribution in [0, 0.1) is 6.92 Å². The fraction of sp³-hybridized carbons (Fsp3) is 0.278. The van der Waals surface area contributed by atoms with Crippen LogP contribution < -0.4 is 10.1 Å². The number of hydrogen-bond acceptors (Lipinski definition) is 7. The van der Waals surface area contributed by atoms with Gasteiger partial charge in [-0.1, -0.05) is 22.9 Å². The molecule has 1 fully saturated rings. The first-order valence-corrected chi connectivity index (χ1v) is 9.56. The molecule has 7 nitrogen and oxygen atoms in total. The van der Waals surface area contributed by atoms with E-state index < -0.39 is 0 Å². The van der Waals surface area contributed by atoms with Crippen molar-refractivity contribution in [2.75, 3.05) is 12.4 Å². The molecule has 3 heterocycles. The molecule has 3 aromatic heterocycles. The first-order valence-electron chi connectivity index (χ1n) is 8.36. The maximum Gasteiger partial charge on any atom is 0.259 e. The second kappa shape index (κ2) is 7.21. The zero-order chi connectivity index (χ0) is 19.0. The van der Waals surface area contributed by atoms with Crippen molar-refractivity contribution in [1.29, 1.82) is 0 Å². The zero-order valence-electron chi connectivity index (χ0n) is 14.7. The fourth-order valence-electron chi connectivity index (χ4n) is 2.70. The number of carbonyl (C=O) groups is 1. The predicted octanol–water partition coefficient (Wildman–Crippen LogP) is 4.10. The van der Waals surface area contributed by atoms with Gasteiger partial charge in [-0.25, -0.2) is 4.98 Å². The number of methoxy groups -OCH3 is 1. The molecule has 1 saturated carbocycles. The van der Waals surface area contributed by atoms with Gasteiger partial charge in [0.1, 0.15) is 15.9 Å². The van der Waals surface area contributed by atoms with Gasteiger partial charge in [0, 0.05) is 28.9 Å². The summed E-state index contributed by atoms with van der Waals surface area (Å²) in [7, 11) is 1.54. The third-order valence-electron chi connectivity index (χ3n) is 4.22. The topological polar surface area (TPSA) is 89.9 Å². The molecular formula is C18H16ClN5O2S. The van der Waals surface area contributed by atoms with E-state index in [9.17, 15) is 4.79 Å². The summed E-state index contributed by atoms with van der Waals surface area (Å²) in [4.78, 5) is 21.2. The number of hydrogen-bond donors (Lipinski definition) is 1. The Morgan fingerprint density at radius 1 is 1.22 bits per heavy atom. The van der Waals surface area contributed by atoms with Gasteiger partial charge >= 0.3 is 0 Å². The van der Waals surface area contributed by atoms with Gasteiger partial charge < -0.3 is 4.74 Å². The third-order valence-corrected chi connectivity index (χ3v) is 5.42. The Hall–Kier alpha value is -2.58. The highest BCUT2D eigenvalue weighted by molar-refractivity contribution is 7.15. The Morgan fingerprint density at radius 3 is 2.78 bits per heavy atom. The molecule has 0 saturated heterocycles. The summed E-state index contributed by atoms with van der Waals surface area (Å²) < 4.78 is 5.39. The summed E-state index contributed by atoms with van der Waals surface area (Å²) >= 11 is 7.48. The highest BCUT2D eigenvalue weighted by Gasteiger charge is 2.28. The summed E-state index contributed by atoms with van der Waals surface area (Å²) in [5.74, 6) is 0.699. The molecular weight excluding hydrogens is 386 g/mol. The Morgan fingerprint density at radius 2 is 2.04 bits per heavy atom. The van der Waals surface area contributed by atoms with Crippen molar-refractivity contribution in [3.05, 3.63) is 45.9 Å². The molecule has 0 radical (unpaired) electrons. The Balaban J connectivity index is 1.70. The van der Waals surface area contributed by atoms with Crippen molar-refractivity contribution in [2.24, 2.45) is 0 Å². The van der Waals surface area contributed by atoms with E-state index in [4.69, 9.17) is 16.3 Å². The van der Waals surface area contributed by atoms with Gasteiger partial charge in [0.05, 0.1) is 18.9 Å². The standard InChI is InChI=1S/C18H16ClN5O2S/c1-9-5-11(12-6-15(19)21-8-14(12)26-2)13(7-20-9)16(25)22-18-24-23-17(27-18)10-3-4-10/h5-8,10H,3-4H2,1-2H3,(H,22,24,25). The van der Waals surface area contributed by atoms with Crippen LogP contribution in [0.25, 0.3) is 11.1 Å². The van der Waals surface area contributed by atoms with E-state index >= 15 is 0 Å². The van der Waals surface area contributed by atoms with Crippen LogP contribution in [-0.2, 0) is 0 Å². The van der Waals surface area contributed by atoms with E-state index in [1.165, 1.54) is 23.7 Å². The Kier molecular flexibility index (Phi) is 4.75. The number of aromatic nitrogens is 4. The second-order valence-electron chi connectivity index (χ2n) is 6.25. The molecule has 0 spiro atoms. The Bertz CT molecular complexity index is 1020. The number of rotatable bonds is 5. The number of nitrogens with zero attached hydrogens (tertiary/aromatic N) is 4. The van der Waals surface area contributed by atoms with Crippen LogP contribution in [-0.4, -0.2) is 33.2 Å². The number of halogens is 1. The molecule has 1 aliphatic rings. The fourth-order valence-corrected chi connectivity index (χ4v) is 3.76. The van der Waals surface area contributed by atoms with Gasteiger partial charge in [0.15, 0.2) is 0 Å². The number of nitrogens with one attached hydrogen (secondary N) is 1. The molecule has 0 aromatic carbocycles. The summed E-state index contributed by atoms with van der Waals surface area (Å²) in [6.07, 6.45) is 5.34. The maximum absolute atomic E-state index is 12.9. The zero-order valence-corrected chi connectivity index (χ0v) is 16.3. The van der Waals surface area contributed by atoms with Gasteiger partial charge in [-0.3, -0.25) is 15.1 Å². The highest BCUT2D eigenvalue weighted by Crippen LogP contribution is 2.42. The first-order chi connectivity index (χ1) is 13.0. The van der Waals surface area contributed by atoms with Crippen molar-refractivity contribution >= 4 is 34.0 Å². The minimum atomic E-state index is -0.314. The summed E-state index contributed by atoms with van der Waals surface area (Å²) in [6, 6.07) is 3.49. The van der Waals surface area contributed by atoms with E-state index in [0.717, 1.165) is 23.5 Å². The molecule has 0 aliphatic heterocycles. The lowest BCUT2D eigenvalue weighted by atomic mass is 10.0. The molecule has 1 aliphatic carbocycles. The average Bonchev–Trinajstić information content (AvgIpc) is 3.41. The van der Waals surface area contributed by atoms with Crippen LogP contribution in [0.15, 0.2) is 24.5 Å². The van der Waals surface area contributed by atoms with Crippen molar-refractivity contribution < 1.29 is 9.53 Å². The maximum atomic E-state index is 12.9. The van der Waals surface area contributed by atoms with Gasteiger partial charge in [0.25, 0.3) is 5.91 Å². The lowest BCUT2D eigenvalue weighted by Crippen LogP contribution is -2.14. The molecule has 1 N–H and O–H groups in total. The lowest BCUT2D eigenvalue weighted by Gasteiger charge is -2.13. The van der Waals surface area contributed by atoms with Gasteiger partial charge in [-0.2, -0.15) is 0 Å². The highest BCUT2D eigenvalue weighted by atomic mass is 35.5. The van der Waals surface area contributed by atoms with Crippen LogP contribution in [0.1, 0.15) is 39.8 Å². The Labute approximate surface area is 164 Å². The molecule has 0 atom stereocenters. The van der Waals surface area contributed by atoms with E-state index in [2.05, 4.69) is 25.5 Å². The molecule has 3 aromatic rings. The first kappa shape index (κ1) is 17.8. The van der Waals surface area contributed by atoms with Crippen molar-refractivity contribution in [3.8, 4) is 16.9 Å². The number of amides is 1. The normalized spacial score (nSPS) is 13.4. The molecule has 9 heteroatoms. The van der Waals surface area contributed by atoms with E-state index in [-0.39, 0.29) is 5.91 Å². The number of carbonyl (C=O) groups excluding carboxylic acids is 1. The predicted molar refractivity (Wildman–Crippen MR) is 104 cm³/mol. The molecule has 1 amide bonds. The van der Waals surface area contributed by atoms with Crippen molar-refractivity contribution in [1.82, 2.24) is 20.2 Å². The average molecular weight is 402 g/mol. The summed E-state index contributed by atoms with van der Waals surface area (Å²) in [5.41, 5.74) is 2.49. The largest absolute Gasteiger partial charge is 0.494 e. The second-order valence-corrected chi connectivity index (χ2v) is 7.65. The van der Waals surface area contributed by atoms with E-state index in [1.807, 2.05) is 13.0 Å². The molecule has 0 unspecified atom stereocenters. The van der Waals surface area contributed by atoms with Gasteiger partial charge in [-0.05, 0) is 31.9 Å². The molecule has 27 heavy (non-hydrogen) atoms. The molecule has 138 valence electrons.